The van der Waals surface area contributed by atoms with Gasteiger partial charge in [0.05, 0.1) is 11.4 Å². The molecule has 1 aliphatic rings. The number of piperazine rings is 1. The molecule has 3 rings (SSSR count). The van der Waals surface area contributed by atoms with Gasteiger partial charge in [0, 0.05) is 42.7 Å². The van der Waals surface area contributed by atoms with Crippen LogP contribution in [0.15, 0.2) is 42.5 Å². The summed E-state index contributed by atoms with van der Waals surface area (Å²) in [7, 11) is 0. The largest absolute Gasteiger partial charge is 0.366 e. The maximum Gasteiger partial charge on any atom is 0.257 e. The summed E-state index contributed by atoms with van der Waals surface area (Å²) in [5.41, 5.74) is 3.09. The molecule has 0 aromatic heterocycles. The molecule has 0 aliphatic carbocycles. The molecule has 1 fully saturated rings. The molecule has 2 aromatic rings. The second-order valence-corrected chi connectivity index (χ2v) is 8.70. The Morgan fingerprint density at radius 1 is 1.06 bits per heavy atom. The van der Waals surface area contributed by atoms with E-state index in [0.717, 1.165) is 11.3 Å². The van der Waals surface area contributed by atoms with Crippen molar-refractivity contribution in [1.29, 1.82) is 0 Å². The Morgan fingerprint density at radius 3 is 2.39 bits per heavy atom. The monoisotopic (exact) mass is 458 g/mol. The zero-order valence-electron chi connectivity index (χ0n) is 17.9. The lowest BCUT2D eigenvalue weighted by molar-refractivity contribution is -0.134. The third-order valence-corrected chi connectivity index (χ3v) is 5.69. The summed E-state index contributed by atoms with van der Waals surface area (Å²) in [5, 5.41) is 6.61. The number of hydrogen-bond acceptors (Lipinski definition) is 4. The minimum absolute atomic E-state index is 0.00598. The molecule has 0 atom stereocenters. The number of halogens is 1. The normalized spacial score (nSPS) is 13.8. The first-order chi connectivity index (χ1) is 14.8. The molecule has 31 heavy (non-hydrogen) atoms. The lowest BCUT2D eigenvalue weighted by Gasteiger charge is -2.37. The predicted octanol–water partition coefficient (Wildman–Crippen LogP) is 4.08. The van der Waals surface area contributed by atoms with Crippen molar-refractivity contribution >= 4 is 52.1 Å². The minimum Gasteiger partial charge on any atom is -0.366 e. The number of thiocarbonyl (C=S) groups is 1. The molecule has 0 saturated carbocycles. The van der Waals surface area contributed by atoms with E-state index in [1.807, 2.05) is 56.0 Å². The number of benzene rings is 2. The lowest BCUT2D eigenvalue weighted by atomic mass is 10.1. The van der Waals surface area contributed by atoms with E-state index < -0.39 is 0 Å². The van der Waals surface area contributed by atoms with Crippen LogP contribution in [-0.4, -0.2) is 48.0 Å². The highest BCUT2D eigenvalue weighted by atomic mass is 35.5. The Balaban J connectivity index is 1.69. The van der Waals surface area contributed by atoms with Crippen molar-refractivity contribution < 1.29 is 9.59 Å². The summed E-state index contributed by atoms with van der Waals surface area (Å²) in [6.45, 7) is 8.45. The first kappa shape index (κ1) is 23.0. The lowest BCUT2D eigenvalue weighted by Crippen LogP contribution is -2.50. The number of amides is 2. The van der Waals surface area contributed by atoms with Crippen LogP contribution in [-0.2, 0) is 4.79 Å². The van der Waals surface area contributed by atoms with Gasteiger partial charge in [0.25, 0.3) is 5.91 Å². The molecule has 0 bridgehead atoms. The fraction of sp³-hybridized carbons (Fsp3) is 0.348. The predicted molar refractivity (Wildman–Crippen MR) is 130 cm³/mol. The van der Waals surface area contributed by atoms with E-state index in [9.17, 15) is 9.59 Å². The average Bonchev–Trinajstić information content (AvgIpc) is 2.73. The van der Waals surface area contributed by atoms with Gasteiger partial charge in [0.1, 0.15) is 0 Å². The number of nitrogens with one attached hydrogen (secondary N) is 2. The summed E-state index contributed by atoms with van der Waals surface area (Å²) in [6.07, 6.45) is 0. The van der Waals surface area contributed by atoms with Crippen LogP contribution in [0.25, 0.3) is 0 Å². The van der Waals surface area contributed by atoms with Crippen molar-refractivity contribution in [2.45, 2.75) is 20.8 Å². The van der Waals surface area contributed by atoms with Crippen molar-refractivity contribution in [2.75, 3.05) is 36.4 Å². The number of aryl methyl sites for hydroxylation is 1. The fourth-order valence-electron chi connectivity index (χ4n) is 3.57. The van der Waals surface area contributed by atoms with E-state index >= 15 is 0 Å². The van der Waals surface area contributed by atoms with Crippen molar-refractivity contribution in [3.63, 3.8) is 0 Å². The Bertz CT molecular complexity index is 987. The minimum atomic E-state index is -0.264. The van der Waals surface area contributed by atoms with E-state index in [2.05, 4.69) is 15.5 Å². The van der Waals surface area contributed by atoms with Crippen molar-refractivity contribution in [2.24, 2.45) is 5.92 Å². The Kier molecular flexibility index (Phi) is 7.51. The summed E-state index contributed by atoms with van der Waals surface area (Å²) in [6, 6.07) is 12.9. The zero-order valence-corrected chi connectivity index (χ0v) is 19.5. The molecule has 2 aromatic carbocycles. The number of hydrogen-bond donors (Lipinski definition) is 2. The van der Waals surface area contributed by atoms with Crippen LogP contribution in [0, 0.1) is 12.8 Å². The van der Waals surface area contributed by atoms with Gasteiger partial charge in [0.2, 0.25) is 5.91 Å². The molecule has 2 N–H and O–H groups in total. The summed E-state index contributed by atoms with van der Waals surface area (Å²) in [5.74, 6) is -0.0947. The highest BCUT2D eigenvalue weighted by molar-refractivity contribution is 7.80. The summed E-state index contributed by atoms with van der Waals surface area (Å²) >= 11 is 11.6. The SMILES string of the molecule is Cc1ccccc1C(=O)NC(=S)Nc1cc(Cl)ccc1N1CCN(C(=O)C(C)C)CC1. The van der Waals surface area contributed by atoms with Gasteiger partial charge in [-0.3, -0.25) is 14.9 Å². The Morgan fingerprint density at radius 2 is 1.74 bits per heavy atom. The van der Waals surface area contributed by atoms with Crippen LogP contribution in [0.3, 0.4) is 0 Å². The molecule has 1 aliphatic heterocycles. The smallest absolute Gasteiger partial charge is 0.257 e. The van der Waals surface area contributed by atoms with Crippen molar-refractivity contribution in [3.05, 3.63) is 58.6 Å². The molecular formula is C23H27ClN4O2S. The van der Waals surface area contributed by atoms with Crippen LogP contribution in [0.1, 0.15) is 29.8 Å². The van der Waals surface area contributed by atoms with Gasteiger partial charge in [0.15, 0.2) is 5.11 Å². The molecule has 8 heteroatoms. The van der Waals surface area contributed by atoms with Gasteiger partial charge in [-0.1, -0.05) is 43.6 Å². The highest BCUT2D eigenvalue weighted by Gasteiger charge is 2.24. The molecule has 0 unspecified atom stereocenters. The zero-order chi connectivity index (χ0) is 22.5. The first-order valence-electron chi connectivity index (χ1n) is 10.3. The molecule has 1 saturated heterocycles. The third kappa shape index (κ3) is 5.74. The fourth-order valence-corrected chi connectivity index (χ4v) is 3.94. The molecule has 2 amide bonds. The highest BCUT2D eigenvalue weighted by Crippen LogP contribution is 2.30. The standard InChI is InChI=1S/C23H27ClN4O2S/c1-15(2)22(30)28-12-10-27(11-13-28)20-9-8-17(24)14-19(20)25-23(31)26-21(29)18-7-5-4-6-16(18)3/h4-9,14-15H,10-13H2,1-3H3,(H2,25,26,29,31). The van der Waals surface area contributed by atoms with Gasteiger partial charge in [-0.25, -0.2) is 0 Å². The maximum atomic E-state index is 12.6. The van der Waals surface area contributed by atoms with Crippen molar-refractivity contribution in [3.8, 4) is 0 Å². The summed E-state index contributed by atoms with van der Waals surface area (Å²) < 4.78 is 0. The van der Waals surface area contributed by atoms with Crippen LogP contribution in [0.4, 0.5) is 11.4 Å². The quantitative estimate of drug-likeness (QED) is 0.676. The third-order valence-electron chi connectivity index (χ3n) is 5.25. The number of carbonyl (C=O) groups is 2. The molecule has 0 spiro atoms. The van der Waals surface area contributed by atoms with E-state index in [1.54, 1.807) is 12.1 Å². The van der Waals surface area contributed by atoms with Crippen molar-refractivity contribution in [1.82, 2.24) is 10.2 Å². The second kappa shape index (κ2) is 10.1. The van der Waals surface area contributed by atoms with Gasteiger partial charge in [-0.05, 0) is 49.0 Å². The number of carbonyl (C=O) groups excluding carboxylic acids is 2. The van der Waals surface area contributed by atoms with E-state index in [4.69, 9.17) is 23.8 Å². The number of anilines is 2. The van der Waals surface area contributed by atoms with Gasteiger partial charge < -0.3 is 15.1 Å². The summed E-state index contributed by atoms with van der Waals surface area (Å²) in [4.78, 5) is 28.9. The van der Waals surface area contributed by atoms with Crippen LogP contribution in [0.5, 0.6) is 0 Å². The maximum absolute atomic E-state index is 12.6. The van der Waals surface area contributed by atoms with Crippen LogP contribution in [0.2, 0.25) is 5.02 Å². The van der Waals surface area contributed by atoms with E-state index in [1.165, 1.54) is 0 Å². The van der Waals surface area contributed by atoms with Gasteiger partial charge >= 0.3 is 0 Å². The topological polar surface area (TPSA) is 64.7 Å². The van der Waals surface area contributed by atoms with Crippen LogP contribution < -0.4 is 15.5 Å². The van der Waals surface area contributed by atoms with E-state index in [-0.39, 0.29) is 22.8 Å². The average molecular weight is 459 g/mol. The second-order valence-electron chi connectivity index (χ2n) is 7.85. The molecule has 0 radical (unpaired) electrons. The van der Waals surface area contributed by atoms with Crippen LogP contribution >= 0.6 is 23.8 Å². The number of rotatable bonds is 4. The van der Waals surface area contributed by atoms with E-state index in [0.29, 0.717) is 42.5 Å². The Labute approximate surface area is 193 Å². The number of nitrogens with zero attached hydrogens (tertiary/aromatic N) is 2. The molecule has 1 heterocycles. The first-order valence-corrected chi connectivity index (χ1v) is 11.1. The molecule has 164 valence electrons. The Hall–Kier alpha value is -2.64. The molecule has 6 nitrogen and oxygen atoms in total. The molecular weight excluding hydrogens is 432 g/mol. The van der Waals surface area contributed by atoms with Gasteiger partial charge in [-0.15, -0.1) is 0 Å². The van der Waals surface area contributed by atoms with Gasteiger partial charge in [-0.2, -0.15) is 0 Å².